The van der Waals surface area contributed by atoms with Gasteiger partial charge in [0.05, 0.1) is 28.4 Å². The number of benzene rings is 2. The van der Waals surface area contributed by atoms with Crippen molar-refractivity contribution in [1.82, 2.24) is 9.21 Å². The molecule has 1 aliphatic heterocycles. The van der Waals surface area contributed by atoms with E-state index in [0.717, 1.165) is 31.2 Å². The molecule has 0 saturated carbocycles. The highest BCUT2D eigenvalue weighted by Gasteiger charge is 2.29. The summed E-state index contributed by atoms with van der Waals surface area (Å²) in [5.74, 6) is 1.33. The van der Waals surface area contributed by atoms with Gasteiger partial charge in [0.25, 0.3) is 5.91 Å². The second kappa shape index (κ2) is 11.6. The summed E-state index contributed by atoms with van der Waals surface area (Å²) in [6.07, 6.45) is 3.65. The summed E-state index contributed by atoms with van der Waals surface area (Å²) in [5.41, 5.74) is 1.02. The normalized spacial score (nSPS) is 14.7. The Labute approximate surface area is 207 Å². The van der Waals surface area contributed by atoms with Crippen LogP contribution in [0.3, 0.4) is 0 Å². The van der Waals surface area contributed by atoms with Gasteiger partial charge in [0.2, 0.25) is 15.8 Å². The van der Waals surface area contributed by atoms with E-state index in [2.05, 4.69) is 0 Å². The van der Waals surface area contributed by atoms with Crippen LogP contribution in [0.5, 0.6) is 23.0 Å². The van der Waals surface area contributed by atoms with Crippen LogP contribution in [-0.4, -0.2) is 72.1 Å². The molecule has 1 aliphatic rings. The molecular weight excluding hydrogens is 472 g/mol. The van der Waals surface area contributed by atoms with E-state index in [0.29, 0.717) is 30.3 Å². The van der Waals surface area contributed by atoms with Crippen molar-refractivity contribution in [1.29, 1.82) is 0 Å². The maximum atomic E-state index is 13.4. The number of hydrogen-bond donors (Lipinski definition) is 0. The first-order valence-electron chi connectivity index (χ1n) is 11.5. The predicted molar refractivity (Wildman–Crippen MR) is 132 cm³/mol. The van der Waals surface area contributed by atoms with Gasteiger partial charge in [0, 0.05) is 32.2 Å². The number of carbonyl (C=O) groups is 1. The molecule has 35 heavy (non-hydrogen) atoms. The number of ether oxygens (including phenoxy) is 4. The maximum absolute atomic E-state index is 13.4. The first-order chi connectivity index (χ1) is 16.8. The number of carbonyl (C=O) groups excluding carboxylic acids is 1. The number of sulfonamides is 1. The molecule has 1 amide bonds. The lowest BCUT2D eigenvalue weighted by atomic mass is 10.1. The van der Waals surface area contributed by atoms with Gasteiger partial charge in [0.1, 0.15) is 10.6 Å². The zero-order valence-corrected chi connectivity index (χ0v) is 21.8. The monoisotopic (exact) mass is 506 g/mol. The van der Waals surface area contributed by atoms with E-state index < -0.39 is 10.0 Å². The van der Waals surface area contributed by atoms with Crippen molar-refractivity contribution in [3.63, 3.8) is 0 Å². The Hall–Kier alpha value is -2.98. The van der Waals surface area contributed by atoms with E-state index in [-0.39, 0.29) is 28.7 Å². The van der Waals surface area contributed by atoms with Gasteiger partial charge < -0.3 is 23.8 Å². The van der Waals surface area contributed by atoms with Gasteiger partial charge >= 0.3 is 0 Å². The average molecular weight is 507 g/mol. The summed E-state index contributed by atoms with van der Waals surface area (Å²) in [7, 11) is 3.85. The zero-order valence-electron chi connectivity index (χ0n) is 21.0. The van der Waals surface area contributed by atoms with E-state index in [1.807, 2.05) is 0 Å². The van der Waals surface area contributed by atoms with Crippen LogP contribution in [0.1, 0.15) is 41.6 Å². The van der Waals surface area contributed by atoms with Gasteiger partial charge in [-0.25, -0.2) is 8.42 Å². The summed E-state index contributed by atoms with van der Waals surface area (Å²) in [6.45, 7) is 1.17. The minimum absolute atomic E-state index is 0.00827. The highest BCUT2D eigenvalue weighted by Crippen LogP contribution is 2.38. The van der Waals surface area contributed by atoms with Gasteiger partial charge in [-0.3, -0.25) is 4.79 Å². The van der Waals surface area contributed by atoms with Crippen LogP contribution in [0.2, 0.25) is 0 Å². The first kappa shape index (κ1) is 26.6. The number of nitrogens with zero attached hydrogens (tertiary/aromatic N) is 2. The lowest BCUT2D eigenvalue weighted by Crippen LogP contribution is -2.32. The Morgan fingerprint density at radius 2 is 1.43 bits per heavy atom. The SMILES string of the molecule is COc1ccc(C(=O)N(C)Cc2cc(OC)c(OC)c(OC)c2)cc1S(=O)(=O)N1CCCCCC1. The van der Waals surface area contributed by atoms with Gasteiger partial charge in [-0.15, -0.1) is 0 Å². The average Bonchev–Trinajstić information content (AvgIpc) is 3.17. The van der Waals surface area contributed by atoms with Crippen LogP contribution in [0.15, 0.2) is 35.2 Å². The molecule has 0 aromatic heterocycles. The lowest BCUT2D eigenvalue weighted by Gasteiger charge is -2.23. The number of rotatable bonds is 9. The van der Waals surface area contributed by atoms with Crippen molar-refractivity contribution in [2.75, 3.05) is 48.6 Å². The summed E-state index contributed by atoms with van der Waals surface area (Å²) in [4.78, 5) is 14.8. The van der Waals surface area contributed by atoms with E-state index >= 15 is 0 Å². The molecule has 3 rings (SSSR count). The van der Waals surface area contributed by atoms with Crippen molar-refractivity contribution in [2.24, 2.45) is 0 Å². The molecule has 0 spiro atoms. The molecule has 0 unspecified atom stereocenters. The van der Waals surface area contributed by atoms with E-state index in [9.17, 15) is 13.2 Å². The second-order valence-corrected chi connectivity index (χ2v) is 10.3. The van der Waals surface area contributed by atoms with Crippen LogP contribution >= 0.6 is 0 Å². The highest BCUT2D eigenvalue weighted by molar-refractivity contribution is 7.89. The van der Waals surface area contributed by atoms with Crippen LogP contribution in [-0.2, 0) is 16.6 Å². The topological polar surface area (TPSA) is 94.6 Å². The predicted octanol–water partition coefficient (Wildman–Crippen LogP) is 3.56. The quantitative estimate of drug-likeness (QED) is 0.513. The summed E-state index contributed by atoms with van der Waals surface area (Å²) >= 11 is 0. The van der Waals surface area contributed by atoms with Crippen molar-refractivity contribution >= 4 is 15.9 Å². The number of amides is 1. The fourth-order valence-electron chi connectivity index (χ4n) is 4.23. The van der Waals surface area contributed by atoms with Crippen molar-refractivity contribution in [2.45, 2.75) is 37.1 Å². The lowest BCUT2D eigenvalue weighted by molar-refractivity contribution is 0.0784. The van der Waals surface area contributed by atoms with Crippen molar-refractivity contribution in [3.8, 4) is 23.0 Å². The maximum Gasteiger partial charge on any atom is 0.253 e. The fourth-order valence-corrected chi connectivity index (χ4v) is 5.92. The van der Waals surface area contributed by atoms with Crippen LogP contribution in [0.25, 0.3) is 0 Å². The third-order valence-electron chi connectivity index (χ3n) is 6.08. The molecule has 192 valence electrons. The molecule has 1 fully saturated rings. The third kappa shape index (κ3) is 5.82. The molecule has 0 radical (unpaired) electrons. The molecule has 9 nitrogen and oxygen atoms in total. The van der Waals surface area contributed by atoms with E-state index in [1.54, 1.807) is 25.2 Å². The molecule has 2 aromatic rings. The Balaban J connectivity index is 1.89. The largest absolute Gasteiger partial charge is 0.495 e. The zero-order chi connectivity index (χ0) is 25.6. The Morgan fingerprint density at radius 3 is 1.94 bits per heavy atom. The van der Waals surface area contributed by atoms with Crippen molar-refractivity contribution in [3.05, 3.63) is 41.5 Å². The van der Waals surface area contributed by atoms with Crippen LogP contribution < -0.4 is 18.9 Å². The molecule has 0 aliphatic carbocycles. The molecule has 10 heteroatoms. The highest BCUT2D eigenvalue weighted by atomic mass is 32.2. The number of methoxy groups -OCH3 is 4. The summed E-state index contributed by atoms with van der Waals surface area (Å²) < 4.78 is 49.9. The third-order valence-corrected chi connectivity index (χ3v) is 8.00. The fraction of sp³-hybridized carbons (Fsp3) is 0.480. The molecule has 0 atom stereocenters. The van der Waals surface area contributed by atoms with Crippen LogP contribution in [0.4, 0.5) is 0 Å². The minimum atomic E-state index is -3.80. The van der Waals surface area contributed by atoms with E-state index in [4.69, 9.17) is 18.9 Å². The molecule has 1 heterocycles. The van der Waals surface area contributed by atoms with E-state index in [1.165, 1.54) is 49.8 Å². The van der Waals surface area contributed by atoms with Gasteiger partial charge in [-0.2, -0.15) is 4.31 Å². The Kier molecular flexibility index (Phi) is 8.85. The minimum Gasteiger partial charge on any atom is -0.495 e. The molecule has 0 bridgehead atoms. The van der Waals surface area contributed by atoms with Crippen LogP contribution in [0, 0.1) is 0 Å². The Bertz CT molecular complexity index is 1120. The number of hydrogen-bond acceptors (Lipinski definition) is 7. The molecule has 1 saturated heterocycles. The smallest absolute Gasteiger partial charge is 0.253 e. The van der Waals surface area contributed by atoms with Gasteiger partial charge in [-0.05, 0) is 48.7 Å². The standard InChI is InChI=1S/C25H34N2O7S/c1-26(17-18-14-21(32-3)24(34-5)22(15-18)33-4)25(28)19-10-11-20(31-2)23(16-19)35(29,30)27-12-8-6-7-9-13-27/h10-11,14-16H,6-9,12-13,17H2,1-5H3. The molecule has 0 N–H and O–H groups in total. The molecule has 2 aromatic carbocycles. The first-order valence-corrected chi connectivity index (χ1v) is 12.9. The summed E-state index contributed by atoms with van der Waals surface area (Å²) in [6, 6.07) is 8.06. The second-order valence-electron chi connectivity index (χ2n) is 8.38. The molecular formula is C25H34N2O7S. The van der Waals surface area contributed by atoms with Gasteiger partial charge in [0.15, 0.2) is 11.5 Å². The van der Waals surface area contributed by atoms with Gasteiger partial charge in [-0.1, -0.05) is 12.8 Å². The Morgan fingerprint density at radius 1 is 0.857 bits per heavy atom. The van der Waals surface area contributed by atoms with Crippen molar-refractivity contribution < 1.29 is 32.2 Å². The summed E-state index contributed by atoms with van der Waals surface area (Å²) in [5, 5.41) is 0.